The number of nitrogens with one attached hydrogen (secondary N) is 1. The molecule has 0 atom stereocenters. The Labute approximate surface area is 116 Å². The van der Waals surface area contributed by atoms with Gasteiger partial charge in [-0.1, -0.05) is 0 Å². The van der Waals surface area contributed by atoms with Crippen LogP contribution in [0.25, 0.3) is 0 Å². The van der Waals surface area contributed by atoms with Gasteiger partial charge in [0.05, 0.1) is 5.56 Å². The van der Waals surface area contributed by atoms with Gasteiger partial charge in [-0.15, -0.1) is 0 Å². The fraction of sp³-hybridized carbons (Fsp3) is 0.286. The maximum atomic E-state index is 5.79. The van der Waals surface area contributed by atoms with E-state index in [9.17, 15) is 0 Å². The molecule has 3 rings (SSSR count). The molecule has 0 amide bonds. The van der Waals surface area contributed by atoms with Gasteiger partial charge < -0.3 is 19.5 Å². The third-order valence-electron chi connectivity index (χ3n) is 2.94. The molecule has 1 aromatic heterocycles. The second kappa shape index (κ2) is 5.24. The normalized spacial score (nSPS) is 12.3. The van der Waals surface area contributed by atoms with E-state index in [-0.39, 0.29) is 6.79 Å². The van der Waals surface area contributed by atoms with Gasteiger partial charge in [-0.25, -0.2) is 9.97 Å². The van der Waals surface area contributed by atoms with E-state index >= 15 is 0 Å². The Hall–Kier alpha value is -2.50. The van der Waals surface area contributed by atoms with Gasteiger partial charge in [-0.05, 0) is 26.0 Å². The van der Waals surface area contributed by atoms with Crippen LogP contribution in [0.15, 0.2) is 24.5 Å². The van der Waals surface area contributed by atoms with E-state index < -0.39 is 0 Å². The molecule has 1 aliphatic heterocycles. The first kappa shape index (κ1) is 12.5. The van der Waals surface area contributed by atoms with E-state index in [0.29, 0.717) is 17.4 Å². The van der Waals surface area contributed by atoms with E-state index in [0.717, 1.165) is 23.7 Å². The maximum absolute atomic E-state index is 5.79. The number of aromatic nitrogens is 2. The van der Waals surface area contributed by atoms with Gasteiger partial charge in [0.25, 0.3) is 0 Å². The van der Waals surface area contributed by atoms with Gasteiger partial charge in [0, 0.05) is 12.6 Å². The first-order valence-electron chi connectivity index (χ1n) is 6.41. The van der Waals surface area contributed by atoms with Gasteiger partial charge in [0.1, 0.15) is 17.9 Å². The molecule has 20 heavy (non-hydrogen) atoms. The third kappa shape index (κ3) is 2.32. The summed E-state index contributed by atoms with van der Waals surface area (Å²) >= 11 is 0. The smallest absolute Gasteiger partial charge is 0.231 e. The molecule has 6 nitrogen and oxygen atoms in total. The van der Waals surface area contributed by atoms with E-state index in [1.165, 1.54) is 6.33 Å². The molecule has 1 aliphatic rings. The van der Waals surface area contributed by atoms with Crippen molar-refractivity contribution in [1.82, 2.24) is 9.97 Å². The molecule has 0 saturated heterocycles. The zero-order valence-electron chi connectivity index (χ0n) is 11.3. The van der Waals surface area contributed by atoms with Gasteiger partial charge in [-0.3, -0.25) is 0 Å². The summed E-state index contributed by atoms with van der Waals surface area (Å²) in [6.07, 6.45) is 1.48. The van der Waals surface area contributed by atoms with E-state index in [4.69, 9.17) is 14.2 Å². The van der Waals surface area contributed by atoms with Crippen LogP contribution in [0.2, 0.25) is 0 Å². The fourth-order valence-electron chi connectivity index (χ4n) is 1.93. The molecule has 1 N–H and O–H groups in total. The summed E-state index contributed by atoms with van der Waals surface area (Å²) in [5, 5.41) is 3.17. The number of hydrogen-bond donors (Lipinski definition) is 1. The average Bonchev–Trinajstić information content (AvgIpc) is 2.91. The van der Waals surface area contributed by atoms with Crippen LogP contribution in [0.3, 0.4) is 0 Å². The van der Waals surface area contributed by atoms with Gasteiger partial charge >= 0.3 is 0 Å². The zero-order chi connectivity index (χ0) is 13.9. The lowest BCUT2D eigenvalue weighted by Gasteiger charge is -2.11. The molecule has 6 heteroatoms. The number of benzene rings is 1. The standard InChI is InChI=1S/C14H15N3O3/c1-3-15-13-9(2)14(17-7-16-13)20-10-4-5-11-12(6-10)19-8-18-11/h4-7H,3,8H2,1-2H3,(H,15,16,17). The Morgan fingerprint density at radius 1 is 1.25 bits per heavy atom. The zero-order valence-corrected chi connectivity index (χ0v) is 11.3. The highest BCUT2D eigenvalue weighted by molar-refractivity contribution is 5.51. The van der Waals surface area contributed by atoms with Crippen molar-refractivity contribution in [2.75, 3.05) is 18.7 Å². The van der Waals surface area contributed by atoms with Crippen LogP contribution < -0.4 is 19.5 Å². The average molecular weight is 273 g/mol. The molecular weight excluding hydrogens is 258 g/mol. The molecule has 0 saturated carbocycles. The quantitative estimate of drug-likeness (QED) is 0.924. The van der Waals surface area contributed by atoms with Crippen LogP contribution in [-0.2, 0) is 0 Å². The summed E-state index contributed by atoms with van der Waals surface area (Å²) in [6, 6.07) is 5.43. The van der Waals surface area contributed by atoms with Crippen LogP contribution in [0.5, 0.6) is 23.1 Å². The van der Waals surface area contributed by atoms with E-state index in [2.05, 4.69) is 15.3 Å². The number of hydrogen-bond acceptors (Lipinski definition) is 6. The molecule has 1 aromatic carbocycles. The Morgan fingerprint density at radius 2 is 2.10 bits per heavy atom. The number of ether oxygens (including phenoxy) is 3. The highest BCUT2D eigenvalue weighted by Crippen LogP contribution is 2.37. The lowest BCUT2D eigenvalue weighted by molar-refractivity contribution is 0.174. The lowest BCUT2D eigenvalue weighted by Crippen LogP contribution is -2.03. The highest BCUT2D eigenvalue weighted by atomic mass is 16.7. The molecule has 0 spiro atoms. The number of nitrogens with zero attached hydrogens (tertiary/aromatic N) is 2. The SMILES string of the molecule is CCNc1ncnc(Oc2ccc3c(c2)OCO3)c1C. The largest absolute Gasteiger partial charge is 0.454 e. The number of anilines is 1. The Kier molecular flexibility index (Phi) is 3.28. The van der Waals surface area contributed by atoms with Crippen molar-refractivity contribution in [3.63, 3.8) is 0 Å². The van der Waals surface area contributed by atoms with Crippen LogP contribution in [0, 0.1) is 6.92 Å². The number of fused-ring (bicyclic) bond motifs is 1. The van der Waals surface area contributed by atoms with Gasteiger partial charge in [-0.2, -0.15) is 0 Å². The van der Waals surface area contributed by atoms with Crippen molar-refractivity contribution in [3.05, 3.63) is 30.1 Å². The van der Waals surface area contributed by atoms with Crippen LogP contribution in [-0.4, -0.2) is 23.3 Å². The van der Waals surface area contributed by atoms with Crippen molar-refractivity contribution in [1.29, 1.82) is 0 Å². The van der Waals surface area contributed by atoms with E-state index in [1.54, 1.807) is 6.07 Å². The predicted octanol–water partition coefficient (Wildman–Crippen LogP) is 2.74. The molecule has 0 aliphatic carbocycles. The molecule has 0 unspecified atom stereocenters. The molecule has 0 bridgehead atoms. The van der Waals surface area contributed by atoms with E-state index in [1.807, 2.05) is 26.0 Å². The van der Waals surface area contributed by atoms with Gasteiger partial charge in [0.2, 0.25) is 12.7 Å². The summed E-state index contributed by atoms with van der Waals surface area (Å²) in [5.41, 5.74) is 0.868. The van der Waals surface area contributed by atoms with Gasteiger partial charge in [0.15, 0.2) is 11.5 Å². The number of rotatable bonds is 4. The van der Waals surface area contributed by atoms with Crippen LogP contribution in [0.1, 0.15) is 12.5 Å². The Balaban J connectivity index is 1.86. The summed E-state index contributed by atoms with van der Waals surface area (Å²) in [7, 11) is 0. The summed E-state index contributed by atoms with van der Waals surface area (Å²) in [6.45, 7) is 4.97. The molecular formula is C14H15N3O3. The highest BCUT2D eigenvalue weighted by Gasteiger charge is 2.15. The monoisotopic (exact) mass is 273 g/mol. The fourth-order valence-corrected chi connectivity index (χ4v) is 1.93. The van der Waals surface area contributed by atoms with Crippen molar-refractivity contribution < 1.29 is 14.2 Å². The minimum absolute atomic E-state index is 0.246. The van der Waals surface area contributed by atoms with Crippen LogP contribution >= 0.6 is 0 Å². The van der Waals surface area contributed by atoms with Crippen molar-refractivity contribution >= 4 is 5.82 Å². The minimum atomic E-state index is 0.246. The summed E-state index contributed by atoms with van der Waals surface area (Å²) in [4.78, 5) is 8.35. The van der Waals surface area contributed by atoms with Crippen molar-refractivity contribution in [2.45, 2.75) is 13.8 Å². The molecule has 0 radical (unpaired) electrons. The third-order valence-corrected chi connectivity index (χ3v) is 2.94. The van der Waals surface area contributed by atoms with Crippen LogP contribution in [0.4, 0.5) is 5.82 Å². The first-order valence-corrected chi connectivity index (χ1v) is 6.41. The molecule has 2 aromatic rings. The first-order chi connectivity index (χ1) is 9.78. The second-order valence-electron chi connectivity index (χ2n) is 4.30. The second-order valence-corrected chi connectivity index (χ2v) is 4.30. The molecule has 104 valence electrons. The topological polar surface area (TPSA) is 65.5 Å². The van der Waals surface area contributed by atoms with Crippen molar-refractivity contribution in [3.8, 4) is 23.1 Å². The predicted molar refractivity (Wildman–Crippen MR) is 73.6 cm³/mol. The summed E-state index contributed by atoms with van der Waals surface area (Å²) < 4.78 is 16.4. The molecule has 0 fully saturated rings. The molecule has 2 heterocycles. The Morgan fingerprint density at radius 3 is 2.95 bits per heavy atom. The van der Waals surface area contributed by atoms with Crippen molar-refractivity contribution in [2.24, 2.45) is 0 Å². The maximum Gasteiger partial charge on any atom is 0.231 e. The Bertz CT molecular complexity index is 631. The minimum Gasteiger partial charge on any atom is -0.454 e. The summed E-state index contributed by atoms with van der Waals surface area (Å²) in [5.74, 6) is 3.36. The lowest BCUT2D eigenvalue weighted by atomic mass is 10.3.